The van der Waals surface area contributed by atoms with Crippen molar-refractivity contribution in [3.63, 3.8) is 0 Å². The Morgan fingerprint density at radius 1 is 1.22 bits per heavy atom. The molecule has 7 heteroatoms. The largest absolute Gasteiger partial charge is 0.341 e. The minimum atomic E-state index is 0.384. The SMILES string of the molecule is N#Cc1cc(Sc2ncnc3nc[nH]c23)ccn1. The van der Waals surface area contributed by atoms with E-state index in [-0.39, 0.29) is 0 Å². The van der Waals surface area contributed by atoms with Gasteiger partial charge < -0.3 is 4.98 Å². The second-order valence-corrected chi connectivity index (χ2v) is 4.43. The van der Waals surface area contributed by atoms with Gasteiger partial charge in [0, 0.05) is 11.1 Å². The summed E-state index contributed by atoms with van der Waals surface area (Å²) in [6.45, 7) is 0. The van der Waals surface area contributed by atoms with Crippen LogP contribution in [0.15, 0.2) is 40.9 Å². The van der Waals surface area contributed by atoms with E-state index in [4.69, 9.17) is 5.26 Å². The molecule has 86 valence electrons. The third-order valence-corrected chi connectivity index (χ3v) is 3.24. The summed E-state index contributed by atoms with van der Waals surface area (Å²) >= 11 is 1.44. The number of nitrogens with one attached hydrogen (secondary N) is 1. The van der Waals surface area contributed by atoms with Gasteiger partial charge >= 0.3 is 0 Å². The number of aromatic nitrogens is 5. The summed E-state index contributed by atoms with van der Waals surface area (Å²) < 4.78 is 0. The predicted octanol–water partition coefficient (Wildman–Crippen LogP) is 1.77. The van der Waals surface area contributed by atoms with E-state index < -0.39 is 0 Å². The third kappa shape index (κ3) is 1.89. The van der Waals surface area contributed by atoms with E-state index in [1.54, 1.807) is 18.6 Å². The van der Waals surface area contributed by atoms with Gasteiger partial charge in [-0.15, -0.1) is 0 Å². The highest BCUT2D eigenvalue weighted by atomic mass is 32.2. The molecule has 3 rings (SSSR count). The molecule has 0 radical (unpaired) electrons. The fourth-order valence-corrected chi connectivity index (χ4v) is 2.34. The number of nitriles is 1. The molecule has 3 aromatic heterocycles. The van der Waals surface area contributed by atoms with Crippen molar-refractivity contribution in [2.75, 3.05) is 0 Å². The first kappa shape index (κ1) is 10.7. The van der Waals surface area contributed by atoms with E-state index in [0.717, 1.165) is 15.4 Å². The maximum atomic E-state index is 8.80. The number of nitrogens with zero attached hydrogens (tertiary/aromatic N) is 5. The van der Waals surface area contributed by atoms with Crippen LogP contribution in [0.2, 0.25) is 0 Å². The summed E-state index contributed by atoms with van der Waals surface area (Å²) in [6, 6.07) is 5.55. The van der Waals surface area contributed by atoms with Crippen molar-refractivity contribution in [3.8, 4) is 6.07 Å². The fourth-order valence-electron chi connectivity index (χ4n) is 1.47. The zero-order valence-corrected chi connectivity index (χ0v) is 9.85. The lowest BCUT2D eigenvalue weighted by molar-refractivity contribution is 1.08. The van der Waals surface area contributed by atoms with E-state index in [0.29, 0.717) is 11.3 Å². The number of fused-ring (bicyclic) bond motifs is 1. The molecule has 0 aliphatic heterocycles. The van der Waals surface area contributed by atoms with Crippen molar-refractivity contribution in [3.05, 3.63) is 36.7 Å². The van der Waals surface area contributed by atoms with Gasteiger partial charge in [-0.25, -0.2) is 19.9 Å². The molecule has 0 aliphatic rings. The van der Waals surface area contributed by atoms with Crippen LogP contribution in [0.4, 0.5) is 0 Å². The molecule has 3 heterocycles. The number of aromatic amines is 1. The summed E-state index contributed by atoms with van der Waals surface area (Å²) in [5, 5.41) is 9.57. The summed E-state index contributed by atoms with van der Waals surface area (Å²) in [6.07, 6.45) is 4.65. The van der Waals surface area contributed by atoms with E-state index >= 15 is 0 Å². The van der Waals surface area contributed by atoms with Gasteiger partial charge in [-0.05, 0) is 12.1 Å². The van der Waals surface area contributed by atoms with Crippen molar-refractivity contribution in [2.24, 2.45) is 0 Å². The van der Waals surface area contributed by atoms with Gasteiger partial charge in [-0.2, -0.15) is 5.26 Å². The molecule has 0 atom stereocenters. The average molecular weight is 254 g/mol. The van der Waals surface area contributed by atoms with Crippen LogP contribution in [0, 0.1) is 11.3 Å². The Hall–Kier alpha value is -2.46. The molecular formula is C11H6N6S. The van der Waals surface area contributed by atoms with Gasteiger partial charge in [0.15, 0.2) is 5.65 Å². The summed E-state index contributed by atoms with van der Waals surface area (Å²) in [4.78, 5) is 20.1. The smallest absolute Gasteiger partial charge is 0.181 e. The monoisotopic (exact) mass is 254 g/mol. The standard InChI is InChI=1S/C11H6N6S/c12-4-7-3-8(1-2-13-7)18-11-9-10(15-5-14-9)16-6-17-11/h1-3,5-6H,(H,14,15,16,17). The first-order valence-electron chi connectivity index (χ1n) is 5.05. The van der Waals surface area contributed by atoms with Crippen LogP contribution in [-0.4, -0.2) is 24.9 Å². The van der Waals surface area contributed by atoms with Crippen molar-refractivity contribution in [1.29, 1.82) is 5.26 Å². The van der Waals surface area contributed by atoms with Gasteiger partial charge in [0.1, 0.15) is 28.6 Å². The number of hydrogen-bond acceptors (Lipinski definition) is 6. The molecule has 0 saturated carbocycles. The summed E-state index contributed by atoms with van der Waals surface area (Å²) in [5.41, 5.74) is 1.80. The van der Waals surface area contributed by atoms with Crippen LogP contribution >= 0.6 is 11.8 Å². The topological polar surface area (TPSA) is 91.1 Å². The van der Waals surface area contributed by atoms with Gasteiger partial charge in [-0.1, -0.05) is 11.8 Å². The number of rotatable bonds is 2. The maximum absolute atomic E-state index is 8.80. The second kappa shape index (κ2) is 4.43. The highest BCUT2D eigenvalue weighted by molar-refractivity contribution is 7.99. The number of hydrogen-bond donors (Lipinski definition) is 1. The number of pyridine rings is 1. The Kier molecular flexibility index (Phi) is 2.63. The molecule has 1 N–H and O–H groups in total. The molecule has 0 amide bonds. The normalized spacial score (nSPS) is 10.4. The Balaban J connectivity index is 2.01. The van der Waals surface area contributed by atoms with Crippen molar-refractivity contribution in [2.45, 2.75) is 9.92 Å². The Bertz CT molecular complexity index is 744. The van der Waals surface area contributed by atoms with Crippen LogP contribution in [0.1, 0.15) is 5.69 Å². The van der Waals surface area contributed by atoms with Crippen LogP contribution < -0.4 is 0 Å². The molecule has 0 bridgehead atoms. The Morgan fingerprint density at radius 2 is 2.17 bits per heavy atom. The fraction of sp³-hybridized carbons (Fsp3) is 0. The Morgan fingerprint density at radius 3 is 3.06 bits per heavy atom. The van der Waals surface area contributed by atoms with Crippen molar-refractivity contribution in [1.82, 2.24) is 24.9 Å². The van der Waals surface area contributed by atoms with E-state index in [1.165, 1.54) is 18.1 Å². The van der Waals surface area contributed by atoms with Crippen LogP contribution in [0.25, 0.3) is 11.2 Å². The lowest BCUT2D eigenvalue weighted by Gasteiger charge is -2.01. The number of imidazole rings is 1. The molecule has 0 aliphatic carbocycles. The zero-order chi connectivity index (χ0) is 12.4. The van der Waals surface area contributed by atoms with Gasteiger partial charge in [0.25, 0.3) is 0 Å². The quantitative estimate of drug-likeness (QED) is 0.701. The molecule has 6 nitrogen and oxygen atoms in total. The van der Waals surface area contributed by atoms with E-state index in [9.17, 15) is 0 Å². The van der Waals surface area contributed by atoms with Gasteiger partial charge in [-0.3, -0.25) is 0 Å². The molecule has 0 fully saturated rings. The van der Waals surface area contributed by atoms with Crippen molar-refractivity contribution >= 4 is 22.9 Å². The van der Waals surface area contributed by atoms with Crippen LogP contribution in [0.5, 0.6) is 0 Å². The third-order valence-electron chi connectivity index (χ3n) is 2.25. The predicted molar refractivity (Wildman–Crippen MR) is 64.8 cm³/mol. The molecule has 0 aromatic carbocycles. The molecule has 3 aromatic rings. The van der Waals surface area contributed by atoms with Gasteiger partial charge in [0.2, 0.25) is 0 Å². The lowest BCUT2D eigenvalue weighted by Crippen LogP contribution is -1.87. The number of H-pyrrole nitrogens is 1. The minimum absolute atomic E-state index is 0.384. The lowest BCUT2D eigenvalue weighted by atomic mass is 10.4. The van der Waals surface area contributed by atoms with Gasteiger partial charge in [0.05, 0.1) is 6.33 Å². The average Bonchev–Trinajstić information content (AvgIpc) is 2.88. The van der Waals surface area contributed by atoms with Crippen molar-refractivity contribution < 1.29 is 0 Å². The first-order chi connectivity index (χ1) is 8.86. The molecule has 0 spiro atoms. The minimum Gasteiger partial charge on any atom is -0.341 e. The summed E-state index contributed by atoms with van der Waals surface area (Å²) in [5.74, 6) is 0. The highest BCUT2D eigenvalue weighted by Gasteiger charge is 2.08. The maximum Gasteiger partial charge on any atom is 0.181 e. The van der Waals surface area contributed by atoms with Crippen LogP contribution in [-0.2, 0) is 0 Å². The van der Waals surface area contributed by atoms with E-state index in [1.807, 2.05) is 12.1 Å². The van der Waals surface area contributed by atoms with Crippen LogP contribution in [0.3, 0.4) is 0 Å². The summed E-state index contributed by atoms with van der Waals surface area (Å²) in [7, 11) is 0. The first-order valence-corrected chi connectivity index (χ1v) is 5.86. The zero-order valence-electron chi connectivity index (χ0n) is 9.03. The molecule has 0 unspecified atom stereocenters. The van der Waals surface area contributed by atoms with E-state index in [2.05, 4.69) is 24.9 Å². The second-order valence-electron chi connectivity index (χ2n) is 3.37. The molecular weight excluding hydrogens is 248 g/mol. The molecule has 18 heavy (non-hydrogen) atoms. The Labute approximate surface area is 106 Å². The molecule has 0 saturated heterocycles. The highest BCUT2D eigenvalue weighted by Crippen LogP contribution is 2.29.